The number of ether oxygens (including phenoxy) is 1. The smallest absolute Gasteiger partial charge is 0.0792 e. The van der Waals surface area contributed by atoms with E-state index in [1.54, 1.807) is 0 Å². The van der Waals surface area contributed by atoms with E-state index >= 15 is 0 Å². The Morgan fingerprint density at radius 1 is 1.10 bits per heavy atom. The SMILES string of the molecule is CNC(c1ccccc1)C(OCCC(C)(C)C)C(C)C. The highest BCUT2D eigenvalue weighted by Gasteiger charge is 2.26. The van der Waals surface area contributed by atoms with Crippen LogP contribution in [0.25, 0.3) is 0 Å². The maximum atomic E-state index is 6.22. The number of rotatable bonds is 7. The molecule has 0 radical (unpaired) electrons. The van der Waals surface area contributed by atoms with Crippen molar-refractivity contribution in [1.29, 1.82) is 0 Å². The number of likely N-dealkylation sites (N-methyl/N-ethyl adjacent to an activating group) is 1. The van der Waals surface area contributed by atoms with Gasteiger partial charge < -0.3 is 10.1 Å². The third-order valence-electron chi connectivity index (χ3n) is 3.62. The van der Waals surface area contributed by atoms with Crippen LogP contribution in [-0.4, -0.2) is 19.8 Å². The predicted molar refractivity (Wildman–Crippen MR) is 86.9 cm³/mol. The predicted octanol–water partition coefficient (Wildman–Crippen LogP) is 4.42. The van der Waals surface area contributed by atoms with E-state index < -0.39 is 0 Å². The van der Waals surface area contributed by atoms with Crippen LogP contribution < -0.4 is 5.32 Å². The molecule has 2 unspecified atom stereocenters. The number of nitrogens with one attached hydrogen (secondary N) is 1. The van der Waals surface area contributed by atoms with Crippen molar-refractivity contribution in [3.63, 3.8) is 0 Å². The van der Waals surface area contributed by atoms with Crippen molar-refractivity contribution in [2.45, 2.75) is 53.2 Å². The highest BCUT2D eigenvalue weighted by atomic mass is 16.5. The molecule has 0 saturated heterocycles. The second-order valence-electron chi connectivity index (χ2n) is 7.07. The minimum absolute atomic E-state index is 0.199. The zero-order valence-electron chi connectivity index (χ0n) is 13.9. The van der Waals surface area contributed by atoms with Crippen LogP contribution in [0.1, 0.15) is 52.6 Å². The molecule has 2 nitrogen and oxygen atoms in total. The highest BCUT2D eigenvalue weighted by Crippen LogP contribution is 2.26. The first kappa shape index (κ1) is 17.2. The molecule has 0 aliphatic heterocycles. The summed E-state index contributed by atoms with van der Waals surface area (Å²) < 4.78 is 6.22. The average Bonchev–Trinajstić information content (AvgIpc) is 2.37. The van der Waals surface area contributed by atoms with Crippen molar-refractivity contribution in [3.8, 4) is 0 Å². The molecule has 0 spiro atoms. The summed E-state index contributed by atoms with van der Waals surface area (Å²) >= 11 is 0. The van der Waals surface area contributed by atoms with Crippen LogP contribution in [0.2, 0.25) is 0 Å². The zero-order valence-corrected chi connectivity index (χ0v) is 13.9. The summed E-state index contributed by atoms with van der Waals surface area (Å²) in [4.78, 5) is 0. The van der Waals surface area contributed by atoms with E-state index in [4.69, 9.17) is 4.74 Å². The summed E-state index contributed by atoms with van der Waals surface area (Å²) in [5, 5.41) is 3.42. The largest absolute Gasteiger partial charge is 0.376 e. The molecule has 0 bridgehead atoms. The molecule has 20 heavy (non-hydrogen) atoms. The van der Waals surface area contributed by atoms with Gasteiger partial charge in [0.2, 0.25) is 0 Å². The number of hydrogen-bond donors (Lipinski definition) is 1. The van der Waals surface area contributed by atoms with Crippen LogP contribution in [0.15, 0.2) is 30.3 Å². The molecule has 0 fully saturated rings. The van der Waals surface area contributed by atoms with Gasteiger partial charge in [0, 0.05) is 6.61 Å². The lowest BCUT2D eigenvalue weighted by Gasteiger charge is -2.31. The lowest BCUT2D eigenvalue weighted by Crippen LogP contribution is -2.36. The Hall–Kier alpha value is -0.860. The summed E-state index contributed by atoms with van der Waals surface area (Å²) in [6, 6.07) is 10.8. The molecule has 0 saturated carbocycles. The van der Waals surface area contributed by atoms with E-state index in [2.05, 4.69) is 70.3 Å². The molecule has 0 aliphatic carbocycles. The van der Waals surface area contributed by atoms with Gasteiger partial charge in [-0.25, -0.2) is 0 Å². The molecule has 1 aromatic carbocycles. The van der Waals surface area contributed by atoms with E-state index in [1.807, 2.05) is 7.05 Å². The summed E-state index contributed by atoms with van der Waals surface area (Å²) in [6.45, 7) is 12.1. The first-order valence-corrected chi connectivity index (χ1v) is 7.69. The lowest BCUT2D eigenvalue weighted by atomic mass is 9.91. The molecule has 0 amide bonds. The van der Waals surface area contributed by atoms with Crippen LogP contribution in [-0.2, 0) is 4.74 Å². The highest BCUT2D eigenvalue weighted by molar-refractivity contribution is 5.20. The molecule has 1 aromatic rings. The molecular weight excluding hydrogens is 246 g/mol. The Labute approximate surface area is 124 Å². The molecule has 2 heteroatoms. The normalized spacial score (nSPS) is 15.3. The summed E-state index contributed by atoms with van der Waals surface area (Å²) in [7, 11) is 2.01. The van der Waals surface area contributed by atoms with Gasteiger partial charge in [0.25, 0.3) is 0 Å². The van der Waals surface area contributed by atoms with E-state index in [0.29, 0.717) is 11.3 Å². The van der Waals surface area contributed by atoms with Gasteiger partial charge in [-0.1, -0.05) is 65.0 Å². The van der Waals surface area contributed by atoms with Crippen molar-refractivity contribution in [3.05, 3.63) is 35.9 Å². The number of hydrogen-bond acceptors (Lipinski definition) is 2. The zero-order chi connectivity index (χ0) is 15.2. The summed E-state index contributed by atoms with van der Waals surface area (Å²) in [5.74, 6) is 0.479. The Kier molecular flexibility index (Phi) is 6.70. The molecule has 1 N–H and O–H groups in total. The maximum absolute atomic E-state index is 6.22. The molecule has 0 aromatic heterocycles. The minimum atomic E-state index is 0.199. The second kappa shape index (κ2) is 7.80. The Balaban J connectivity index is 2.73. The maximum Gasteiger partial charge on any atom is 0.0792 e. The average molecular weight is 277 g/mol. The van der Waals surface area contributed by atoms with E-state index in [1.165, 1.54) is 5.56 Å². The monoisotopic (exact) mass is 277 g/mol. The van der Waals surface area contributed by atoms with Gasteiger partial charge in [0.1, 0.15) is 0 Å². The molecule has 2 atom stereocenters. The first-order chi connectivity index (χ1) is 9.35. The van der Waals surface area contributed by atoms with Gasteiger partial charge in [-0.3, -0.25) is 0 Å². The lowest BCUT2D eigenvalue weighted by molar-refractivity contribution is -0.0127. The first-order valence-electron chi connectivity index (χ1n) is 7.69. The molecule has 0 heterocycles. The molecule has 114 valence electrons. The van der Waals surface area contributed by atoms with Gasteiger partial charge in [0.05, 0.1) is 12.1 Å². The number of benzene rings is 1. The van der Waals surface area contributed by atoms with Gasteiger partial charge in [-0.05, 0) is 30.4 Å². The van der Waals surface area contributed by atoms with Crippen LogP contribution in [0.5, 0.6) is 0 Å². The summed E-state index contributed by atoms with van der Waals surface area (Å²) in [5.41, 5.74) is 1.62. The van der Waals surface area contributed by atoms with Crippen LogP contribution >= 0.6 is 0 Å². The standard InChI is InChI=1S/C18H31NO/c1-14(2)17(20-13-12-18(3,4)5)16(19-6)15-10-8-7-9-11-15/h7-11,14,16-17,19H,12-13H2,1-6H3. The molecule has 0 aliphatic rings. The van der Waals surface area contributed by atoms with Gasteiger partial charge in [-0.15, -0.1) is 0 Å². The van der Waals surface area contributed by atoms with Gasteiger partial charge in [0.15, 0.2) is 0 Å². The molecular formula is C18H31NO. The fraction of sp³-hybridized carbons (Fsp3) is 0.667. The van der Waals surface area contributed by atoms with Crippen LogP contribution in [0.3, 0.4) is 0 Å². The fourth-order valence-corrected chi connectivity index (χ4v) is 2.36. The van der Waals surface area contributed by atoms with E-state index in [0.717, 1.165) is 13.0 Å². The minimum Gasteiger partial charge on any atom is -0.376 e. The topological polar surface area (TPSA) is 21.3 Å². The fourth-order valence-electron chi connectivity index (χ4n) is 2.36. The van der Waals surface area contributed by atoms with Crippen molar-refractivity contribution in [2.75, 3.05) is 13.7 Å². The Morgan fingerprint density at radius 2 is 1.70 bits per heavy atom. The van der Waals surface area contributed by atoms with Crippen LogP contribution in [0.4, 0.5) is 0 Å². The third-order valence-corrected chi connectivity index (χ3v) is 3.62. The van der Waals surface area contributed by atoms with Crippen LogP contribution in [0, 0.1) is 11.3 Å². The van der Waals surface area contributed by atoms with Gasteiger partial charge >= 0.3 is 0 Å². The van der Waals surface area contributed by atoms with Crippen molar-refractivity contribution in [2.24, 2.45) is 11.3 Å². The van der Waals surface area contributed by atoms with Gasteiger partial charge in [-0.2, -0.15) is 0 Å². The van der Waals surface area contributed by atoms with E-state index in [-0.39, 0.29) is 12.1 Å². The third kappa shape index (κ3) is 5.64. The Bertz CT molecular complexity index is 367. The van der Waals surface area contributed by atoms with Crippen molar-refractivity contribution < 1.29 is 4.74 Å². The van der Waals surface area contributed by atoms with E-state index in [9.17, 15) is 0 Å². The molecule has 1 rings (SSSR count). The quantitative estimate of drug-likeness (QED) is 0.796. The van der Waals surface area contributed by atoms with Crippen molar-refractivity contribution >= 4 is 0 Å². The summed E-state index contributed by atoms with van der Waals surface area (Å²) in [6.07, 6.45) is 1.28. The second-order valence-corrected chi connectivity index (χ2v) is 7.07. The Morgan fingerprint density at radius 3 is 2.15 bits per heavy atom. The van der Waals surface area contributed by atoms with Crippen molar-refractivity contribution in [1.82, 2.24) is 5.32 Å².